The first-order valence-corrected chi connectivity index (χ1v) is 10.9. The predicted octanol–water partition coefficient (Wildman–Crippen LogP) is 3.15. The minimum Gasteiger partial charge on any atom is -0.486 e. The second-order valence-corrected chi connectivity index (χ2v) is 7.61. The summed E-state index contributed by atoms with van der Waals surface area (Å²) in [5.41, 5.74) is 0.247. The second kappa shape index (κ2) is 10.2. The van der Waals surface area contributed by atoms with E-state index in [9.17, 15) is 14.4 Å². The van der Waals surface area contributed by atoms with E-state index in [1.54, 1.807) is 42.5 Å². The zero-order valence-corrected chi connectivity index (χ0v) is 18.3. The molecule has 0 atom stereocenters. The quantitative estimate of drug-likeness (QED) is 0.414. The molecule has 1 amide bonds. The minimum atomic E-state index is -0.771. The first-order chi connectivity index (χ1) is 16.1. The Labute approximate surface area is 190 Å². The Morgan fingerprint density at radius 1 is 1.06 bits per heavy atom. The smallest absolute Gasteiger partial charge is 0.359 e. The Morgan fingerprint density at radius 2 is 1.82 bits per heavy atom. The van der Waals surface area contributed by atoms with E-state index in [1.807, 2.05) is 0 Å². The lowest BCUT2D eigenvalue weighted by Crippen LogP contribution is -2.28. The van der Waals surface area contributed by atoms with Gasteiger partial charge in [0.2, 0.25) is 0 Å². The van der Waals surface area contributed by atoms with Crippen LogP contribution < -0.4 is 20.3 Å². The molecule has 1 N–H and O–H groups in total. The fourth-order valence-corrected chi connectivity index (χ4v) is 3.57. The Hall–Kier alpha value is -3.88. The van der Waals surface area contributed by atoms with Crippen LogP contribution >= 0.6 is 0 Å². The third-order valence-corrected chi connectivity index (χ3v) is 5.19. The van der Waals surface area contributed by atoms with Crippen LogP contribution in [0.4, 0.5) is 5.69 Å². The van der Waals surface area contributed by atoms with E-state index in [1.165, 1.54) is 4.68 Å². The van der Waals surface area contributed by atoms with Crippen molar-refractivity contribution in [2.75, 3.05) is 25.1 Å². The summed E-state index contributed by atoms with van der Waals surface area (Å²) in [5.74, 6) is -0.136. The van der Waals surface area contributed by atoms with Crippen molar-refractivity contribution in [3.8, 4) is 11.5 Å². The van der Waals surface area contributed by atoms with Gasteiger partial charge < -0.3 is 19.5 Å². The molecule has 0 unspecified atom stereocenters. The highest BCUT2D eigenvalue weighted by atomic mass is 16.6. The molecule has 4 rings (SSSR count). The van der Waals surface area contributed by atoms with E-state index >= 15 is 0 Å². The van der Waals surface area contributed by atoms with Gasteiger partial charge in [-0.1, -0.05) is 38.0 Å². The van der Waals surface area contributed by atoms with E-state index in [-0.39, 0.29) is 11.3 Å². The van der Waals surface area contributed by atoms with Crippen LogP contribution in [-0.4, -0.2) is 41.5 Å². The number of benzene rings is 2. The highest BCUT2D eigenvalue weighted by Crippen LogP contribution is 2.32. The van der Waals surface area contributed by atoms with Gasteiger partial charge in [0.25, 0.3) is 11.5 Å². The molecule has 9 heteroatoms. The summed E-state index contributed by atoms with van der Waals surface area (Å²) in [6, 6.07) is 11.8. The molecule has 0 saturated heterocycles. The van der Waals surface area contributed by atoms with E-state index in [4.69, 9.17) is 14.2 Å². The molecule has 33 heavy (non-hydrogen) atoms. The Balaban J connectivity index is 1.46. The number of amides is 1. The highest BCUT2D eigenvalue weighted by molar-refractivity contribution is 6.03. The number of aryl methyl sites for hydroxylation is 1. The molecular weight excluding hydrogens is 426 g/mol. The fraction of sp³-hybridized carbons (Fsp3) is 0.333. The van der Waals surface area contributed by atoms with Gasteiger partial charge in [-0.3, -0.25) is 9.59 Å². The van der Waals surface area contributed by atoms with Crippen molar-refractivity contribution in [3.63, 3.8) is 0 Å². The van der Waals surface area contributed by atoms with Crippen molar-refractivity contribution < 1.29 is 23.8 Å². The van der Waals surface area contributed by atoms with Gasteiger partial charge in [-0.05, 0) is 24.6 Å². The Bertz CT molecular complexity index is 1240. The maximum atomic E-state index is 12.8. The summed E-state index contributed by atoms with van der Waals surface area (Å²) < 4.78 is 17.5. The maximum Gasteiger partial charge on any atom is 0.359 e. The van der Waals surface area contributed by atoms with Crippen LogP contribution in [-0.2, 0) is 16.1 Å². The van der Waals surface area contributed by atoms with Gasteiger partial charge in [0.05, 0.1) is 5.39 Å². The van der Waals surface area contributed by atoms with Crippen molar-refractivity contribution in [3.05, 3.63) is 58.5 Å². The molecule has 0 saturated carbocycles. The molecule has 0 fully saturated rings. The third-order valence-electron chi connectivity index (χ3n) is 5.19. The number of anilines is 1. The number of rotatable bonds is 8. The maximum absolute atomic E-state index is 12.8. The van der Waals surface area contributed by atoms with Gasteiger partial charge in [-0.25, -0.2) is 9.48 Å². The predicted molar refractivity (Wildman–Crippen MR) is 122 cm³/mol. The number of fused-ring (bicyclic) bond motifs is 2. The molecule has 2 heterocycles. The summed E-state index contributed by atoms with van der Waals surface area (Å²) >= 11 is 0. The van der Waals surface area contributed by atoms with E-state index in [0.717, 1.165) is 19.3 Å². The number of aromatic nitrogens is 2. The zero-order chi connectivity index (χ0) is 23.2. The van der Waals surface area contributed by atoms with Gasteiger partial charge in [0.15, 0.2) is 23.8 Å². The molecule has 1 aliphatic rings. The number of nitrogens with zero attached hydrogens (tertiary/aromatic N) is 2. The molecule has 172 valence electrons. The molecule has 0 radical (unpaired) electrons. The largest absolute Gasteiger partial charge is 0.486 e. The standard InChI is InChI=1S/C24H25N3O6/c1-2-3-6-11-27-23(29)18-8-5-4-7-17(18)22(26-27)24(30)33-15-21(28)25-16-9-10-19-20(14-16)32-13-12-31-19/h4-5,7-10,14H,2-3,6,11-13,15H2,1H3,(H,25,28). The Morgan fingerprint density at radius 3 is 2.61 bits per heavy atom. The Kier molecular flexibility index (Phi) is 6.87. The van der Waals surface area contributed by atoms with Crippen molar-refractivity contribution >= 4 is 28.3 Å². The van der Waals surface area contributed by atoms with Crippen LogP contribution in [0.1, 0.15) is 36.7 Å². The van der Waals surface area contributed by atoms with Crippen molar-refractivity contribution in [2.45, 2.75) is 32.7 Å². The van der Waals surface area contributed by atoms with Crippen LogP contribution in [0.5, 0.6) is 11.5 Å². The number of carbonyl (C=O) groups excluding carboxylic acids is 2. The number of hydrogen-bond donors (Lipinski definition) is 1. The summed E-state index contributed by atoms with van der Waals surface area (Å²) in [6.07, 6.45) is 2.71. The monoisotopic (exact) mass is 451 g/mol. The number of carbonyl (C=O) groups is 2. The van der Waals surface area contributed by atoms with Crippen LogP contribution in [0.3, 0.4) is 0 Å². The van der Waals surface area contributed by atoms with Crippen molar-refractivity contribution in [1.82, 2.24) is 9.78 Å². The summed E-state index contributed by atoms with van der Waals surface area (Å²) in [4.78, 5) is 37.9. The van der Waals surface area contributed by atoms with E-state index < -0.39 is 18.5 Å². The van der Waals surface area contributed by atoms with Gasteiger partial charge in [-0.2, -0.15) is 5.10 Å². The third kappa shape index (κ3) is 5.14. The van der Waals surface area contributed by atoms with Crippen LogP contribution in [0.2, 0.25) is 0 Å². The minimum absolute atomic E-state index is 0.00817. The average Bonchev–Trinajstić information content (AvgIpc) is 2.84. The lowest BCUT2D eigenvalue weighted by molar-refractivity contribution is -0.119. The highest BCUT2D eigenvalue weighted by Gasteiger charge is 2.19. The topological polar surface area (TPSA) is 109 Å². The van der Waals surface area contributed by atoms with E-state index in [2.05, 4.69) is 17.3 Å². The van der Waals surface area contributed by atoms with Crippen LogP contribution in [0.25, 0.3) is 10.8 Å². The molecular formula is C24H25N3O6. The van der Waals surface area contributed by atoms with Crippen molar-refractivity contribution in [2.24, 2.45) is 0 Å². The summed E-state index contributed by atoms with van der Waals surface area (Å²) in [7, 11) is 0. The summed E-state index contributed by atoms with van der Waals surface area (Å²) in [5, 5.41) is 7.69. The SMILES string of the molecule is CCCCCn1nc(C(=O)OCC(=O)Nc2ccc3c(c2)OCCO3)c2ccccc2c1=O. The molecule has 2 aromatic carbocycles. The van der Waals surface area contributed by atoms with Gasteiger partial charge in [-0.15, -0.1) is 0 Å². The molecule has 1 aliphatic heterocycles. The molecule has 0 bridgehead atoms. The van der Waals surface area contributed by atoms with Crippen LogP contribution in [0, 0.1) is 0 Å². The first-order valence-electron chi connectivity index (χ1n) is 10.9. The average molecular weight is 451 g/mol. The van der Waals surface area contributed by atoms with Gasteiger partial charge in [0.1, 0.15) is 13.2 Å². The van der Waals surface area contributed by atoms with Crippen molar-refractivity contribution in [1.29, 1.82) is 0 Å². The first kappa shape index (κ1) is 22.3. The number of ether oxygens (including phenoxy) is 3. The van der Waals surface area contributed by atoms with Gasteiger partial charge in [0, 0.05) is 23.7 Å². The lowest BCUT2D eigenvalue weighted by Gasteiger charge is -2.19. The molecule has 0 spiro atoms. The second-order valence-electron chi connectivity index (χ2n) is 7.61. The number of unbranched alkanes of at least 4 members (excludes halogenated alkanes) is 2. The lowest BCUT2D eigenvalue weighted by atomic mass is 10.1. The number of esters is 1. The molecule has 9 nitrogen and oxygen atoms in total. The number of nitrogens with one attached hydrogen (secondary N) is 1. The molecule has 1 aromatic heterocycles. The zero-order valence-electron chi connectivity index (χ0n) is 18.3. The molecule has 3 aromatic rings. The van der Waals surface area contributed by atoms with Gasteiger partial charge >= 0.3 is 5.97 Å². The van der Waals surface area contributed by atoms with E-state index in [0.29, 0.717) is 47.7 Å². The van der Waals surface area contributed by atoms with Crippen LogP contribution in [0.15, 0.2) is 47.3 Å². The fourth-order valence-electron chi connectivity index (χ4n) is 3.57. The molecule has 0 aliphatic carbocycles. The number of hydrogen-bond acceptors (Lipinski definition) is 7. The normalized spacial score (nSPS) is 12.4. The summed E-state index contributed by atoms with van der Waals surface area (Å²) in [6.45, 7) is 2.88.